The quantitative estimate of drug-likeness (QED) is 0.858. The maximum atomic E-state index is 13.2. The molecule has 0 radical (unpaired) electrons. The van der Waals surface area contributed by atoms with Gasteiger partial charge in [-0.1, -0.05) is 26.0 Å². The lowest BCUT2D eigenvalue weighted by Crippen LogP contribution is -2.46. The molecule has 1 saturated carbocycles. The van der Waals surface area contributed by atoms with Crippen molar-refractivity contribution in [1.82, 2.24) is 9.80 Å². The van der Waals surface area contributed by atoms with Crippen LogP contribution in [0.3, 0.4) is 0 Å². The van der Waals surface area contributed by atoms with Gasteiger partial charge in [-0.15, -0.1) is 0 Å². The number of carbonyl (C=O) groups excluding carboxylic acids is 1. The summed E-state index contributed by atoms with van der Waals surface area (Å²) in [6.07, 6.45) is 5.23. The molecule has 1 aromatic carbocycles. The van der Waals surface area contributed by atoms with Crippen LogP contribution < -0.4 is 5.73 Å². The van der Waals surface area contributed by atoms with E-state index in [0.717, 1.165) is 38.0 Å². The number of carbonyl (C=O) groups is 1. The molecule has 1 saturated heterocycles. The molecule has 1 aliphatic heterocycles. The Morgan fingerprint density at radius 2 is 1.81 bits per heavy atom. The third-order valence-electron chi connectivity index (χ3n) is 6.25. The van der Waals surface area contributed by atoms with E-state index in [1.807, 2.05) is 4.90 Å². The highest BCUT2D eigenvalue weighted by Gasteiger charge is 2.32. The average Bonchev–Trinajstić information content (AvgIpc) is 2.79. The van der Waals surface area contributed by atoms with Crippen LogP contribution in [-0.4, -0.2) is 47.4 Å². The summed E-state index contributed by atoms with van der Waals surface area (Å²) in [5.74, 6) is 1.07. The lowest BCUT2D eigenvalue weighted by molar-refractivity contribution is -0.134. The molecular weight excluding hydrogens is 341 g/mol. The normalized spacial score (nSPS) is 27.8. The summed E-state index contributed by atoms with van der Waals surface area (Å²) < 4.78 is 13.2. The van der Waals surface area contributed by atoms with Crippen LogP contribution in [0.2, 0.25) is 0 Å². The van der Waals surface area contributed by atoms with Crippen LogP contribution in [0.5, 0.6) is 0 Å². The second-order valence-electron chi connectivity index (χ2n) is 8.75. The van der Waals surface area contributed by atoms with E-state index in [1.165, 1.54) is 25.0 Å². The lowest BCUT2D eigenvalue weighted by atomic mass is 9.86. The fourth-order valence-electron chi connectivity index (χ4n) is 4.50. The number of nitrogens with two attached hydrogens (primary N) is 1. The van der Waals surface area contributed by atoms with Gasteiger partial charge >= 0.3 is 0 Å². The SMILES string of the molecule is CC(C)[C@@H]1CN(CC2CCC(N)CC2)CCC(=O)N1Cc1ccc(F)cc1. The van der Waals surface area contributed by atoms with E-state index >= 15 is 0 Å². The minimum Gasteiger partial charge on any atom is -0.334 e. The number of amides is 1. The number of halogens is 1. The number of rotatable bonds is 5. The predicted molar refractivity (Wildman–Crippen MR) is 107 cm³/mol. The Morgan fingerprint density at radius 1 is 1.15 bits per heavy atom. The van der Waals surface area contributed by atoms with Crippen LogP contribution >= 0.6 is 0 Å². The molecule has 1 aliphatic carbocycles. The summed E-state index contributed by atoms with van der Waals surface area (Å²) in [6.45, 7) is 7.79. The summed E-state index contributed by atoms with van der Waals surface area (Å²) in [5.41, 5.74) is 7.04. The highest BCUT2D eigenvalue weighted by Crippen LogP contribution is 2.26. The Balaban J connectivity index is 1.67. The first-order valence-corrected chi connectivity index (χ1v) is 10.4. The maximum absolute atomic E-state index is 13.2. The van der Waals surface area contributed by atoms with Gasteiger partial charge in [0.2, 0.25) is 5.91 Å². The Hall–Kier alpha value is -1.46. The number of hydrogen-bond donors (Lipinski definition) is 1. The topological polar surface area (TPSA) is 49.6 Å². The molecule has 27 heavy (non-hydrogen) atoms. The molecule has 0 bridgehead atoms. The molecule has 2 N–H and O–H groups in total. The molecule has 1 atom stereocenters. The fraction of sp³-hybridized carbons (Fsp3) is 0.682. The van der Waals surface area contributed by atoms with E-state index < -0.39 is 0 Å². The molecule has 1 aromatic rings. The number of benzene rings is 1. The molecule has 2 aliphatic rings. The molecule has 0 aromatic heterocycles. The van der Waals surface area contributed by atoms with Crippen molar-refractivity contribution in [2.45, 2.75) is 64.6 Å². The zero-order valence-electron chi connectivity index (χ0n) is 16.7. The first-order chi connectivity index (χ1) is 12.9. The smallest absolute Gasteiger partial charge is 0.224 e. The van der Waals surface area contributed by atoms with E-state index in [4.69, 9.17) is 5.73 Å². The summed E-state index contributed by atoms with van der Waals surface area (Å²) in [5, 5.41) is 0. The van der Waals surface area contributed by atoms with Gasteiger partial charge < -0.3 is 15.5 Å². The van der Waals surface area contributed by atoms with Crippen LogP contribution in [0.1, 0.15) is 51.5 Å². The Morgan fingerprint density at radius 3 is 2.44 bits per heavy atom. The molecule has 1 amide bonds. The van der Waals surface area contributed by atoms with Crippen molar-refractivity contribution in [1.29, 1.82) is 0 Å². The first-order valence-electron chi connectivity index (χ1n) is 10.4. The van der Waals surface area contributed by atoms with Crippen molar-refractivity contribution in [3.8, 4) is 0 Å². The Bertz CT molecular complexity index is 610. The summed E-state index contributed by atoms with van der Waals surface area (Å²) in [6, 6.07) is 7.09. The Kier molecular flexibility index (Phi) is 6.88. The van der Waals surface area contributed by atoms with Gasteiger partial charge in [0.05, 0.1) is 0 Å². The van der Waals surface area contributed by atoms with Crippen molar-refractivity contribution in [2.75, 3.05) is 19.6 Å². The molecule has 5 heteroatoms. The molecule has 0 unspecified atom stereocenters. The second kappa shape index (κ2) is 9.16. The van der Waals surface area contributed by atoms with Crippen LogP contribution in [0.4, 0.5) is 4.39 Å². The van der Waals surface area contributed by atoms with Gasteiger partial charge in [-0.3, -0.25) is 4.79 Å². The van der Waals surface area contributed by atoms with E-state index in [2.05, 4.69) is 18.7 Å². The van der Waals surface area contributed by atoms with Gasteiger partial charge in [0, 0.05) is 44.7 Å². The summed E-state index contributed by atoms with van der Waals surface area (Å²) >= 11 is 0. The first kappa shape index (κ1) is 20.3. The third-order valence-corrected chi connectivity index (χ3v) is 6.25. The van der Waals surface area contributed by atoms with Crippen molar-refractivity contribution >= 4 is 5.91 Å². The zero-order valence-corrected chi connectivity index (χ0v) is 16.7. The van der Waals surface area contributed by atoms with E-state index in [9.17, 15) is 9.18 Å². The zero-order chi connectivity index (χ0) is 19.4. The van der Waals surface area contributed by atoms with Crippen molar-refractivity contribution in [2.24, 2.45) is 17.6 Å². The van der Waals surface area contributed by atoms with Gasteiger partial charge in [0.25, 0.3) is 0 Å². The standard InChI is InChI=1S/C22H34FN3O/c1-16(2)21-15-25(13-17-5-9-20(24)10-6-17)12-11-22(27)26(21)14-18-3-7-19(23)8-4-18/h3-4,7-8,16-17,20-21H,5-6,9-15,24H2,1-2H3/t17?,20?,21-/m0/s1. The number of hydrogen-bond acceptors (Lipinski definition) is 3. The third kappa shape index (κ3) is 5.52. The second-order valence-corrected chi connectivity index (χ2v) is 8.75. The van der Waals surface area contributed by atoms with Crippen LogP contribution in [0, 0.1) is 17.7 Å². The molecule has 0 spiro atoms. The minimum absolute atomic E-state index is 0.191. The maximum Gasteiger partial charge on any atom is 0.224 e. The predicted octanol–water partition coefficient (Wildman–Crippen LogP) is 3.40. The van der Waals surface area contributed by atoms with Gasteiger partial charge in [-0.05, 0) is 55.2 Å². The van der Waals surface area contributed by atoms with E-state index in [0.29, 0.717) is 30.8 Å². The monoisotopic (exact) mass is 375 g/mol. The van der Waals surface area contributed by atoms with E-state index in [-0.39, 0.29) is 17.8 Å². The fourth-order valence-corrected chi connectivity index (χ4v) is 4.50. The van der Waals surface area contributed by atoms with Gasteiger partial charge in [0.15, 0.2) is 0 Å². The molecule has 3 rings (SSSR count). The number of nitrogens with zero attached hydrogens (tertiary/aromatic N) is 2. The molecule has 1 heterocycles. The molecule has 4 nitrogen and oxygen atoms in total. The minimum atomic E-state index is -0.236. The van der Waals surface area contributed by atoms with Crippen molar-refractivity contribution < 1.29 is 9.18 Å². The molecule has 150 valence electrons. The molecule has 2 fully saturated rings. The highest BCUT2D eigenvalue weighted by atomic mass is 19.1. The highest BCUT2D eigenvalue weighted by molar-refractivity contribution is 5.77. The summed E-state index contributed by atoms with van der Waals surface area (Å²) in [7, 11) is 0. The van der Waals surface area contributed by atoms with Gasteiger partial charge in [-0.2, -0.15) is 0 Å². The van der Waals surface area contributed by atoms with Crippen LogP contribution in [0.25, 0.3) is 0 Å². The van der Waals surface area contributed by atoms with Gasteiger partial charge in [-0.25, -0.2) is 4.39 Å². The van der Waals surface area contributed by atoms with Gasteiger partial charge in [0.1, 0.15) is 5.82 Å². The summed E-state index contributed by atoms with van der Waals surface area (Å²) in [4.78, 5) is 17.4. The van der Waals surface area contributed by atoms with E-state index in [1.54, 1.807) is 12.1 Å². The largest absolute Gasteiger partial charge is 0.334 e. The lowest BCUT2D eigenvalue weighted by Gasteiger charge is -2.36. The van der Waals surface area contributed by atoms with Crippen molar-refractivity contribution in [3.63, 3.8) is 0 Å². The van der Waals surface area contributed by atoms with Crippen molar-refractivity contribution in [3.05, 3.63) is 35.6 Å². The Labute approximate surface area is 162 Å². The molecular formula is C22H34FN3O. The average molecular weight is 376 g/mol. The van der Waals surface area contributed by atoms with Crippen LogP contribution in [-0.2, 0) is 11.3 Å². The van der Waals surface area contributed by atoms with Crippen LogP contribution in [0.15, 0.2) is 24.3 Å².